The van der Waals surface area contributed by atoms with Crippen LogP contribution in [0.1, 0.15) is 49.7 Å². The number of para-hydroxylation sites is 1. The molecule has 7 rings (SSSR count). The Morgan fingerprint density at radius 2 is 1.93 bits per heavy atom. The number of rotatable bonds is 6. The normalized spacial score (nSPS) is 30.2. The van der Waals surface area contributed by atoms with Crippen molar-refractivity contribution in [2.45, 2.75) is 62.6 Å². The van der Waals surface area contributed by atoms with Crippen LogP contribution in [0.5, 0.6) is 0 Å². The molecule has 2 aromatic rings. The number of aryl methyl sites for hydroxylation is 1. The van der Waals surface area contributed by atoms with E-state index in [4.69, 9.17) is 4.52 Å². The molecule has 5 aliphatic rings. The number of aromatic nitrogens is 2. The highest BCUT2D eigenvalue weighted by atomic mass is 16.5. The Morgan fingerprint density at radius 3 is 2.70 bits per heavy atom. The molecular weight excluding hydrogens is 550 g/mol. The summed E-state index contributed by atoms with van der Waals surface area (Å²) in [5.41, 5.74) is 6.75. The molecular formula is C30H41N9O4. The first-order valence-corrected chi connectivity index (χ1v) is 15.6. The number of nitrogens with one attached hydrogen (secondary N) is 4. The number of hydrogen-bond acceptors (Lipinski definition) is 10. The molecule has 43 heavy (non-hydrogen) atoms. The molecule has 5 heterocycles. The van der Waals surface area contributed by atoms with Crippen molar-refractivity contribution in [3.63, 3.8) is 0 Å². The SMILES string of the molecule is Cc1noc([C@@H]2CNC[C@H]2NC(=O)CN2CN(c3ccccc3)C3(CCN(C(=O)C4CCC5NNCC5C4)CC3)C2=O)n1. The third-order valence-electron chi connectivity index (χ3n) is 10.2. The van der Waals surface area contributed by atoms with Crippen molar-refractivity contribution in [2.24, 2.45) is 11.8 Å². The Labute approximate surface area is 251 Å². The maximum atomic E-state index is 14.2. The van der Waals surface area contributed by atoms with Gasteiger partial charge in [-0.2, -0.15) is 4.98 Å². The monoisotopic (exact) mass is 591 g/mol. The smallest absolute Gasteiger partial charge is 0.250 e. The highest BCUT2D eigenvalue weighted by Crippen LogP contribution is 2.40. The van der Waals surface area contributed by atoms with Crippen molar-refractivity contribution in [3.8, 4) is 0 Å². The van der Waals surface area contributed by atoms with Crippen LogP contribution in [0.2, 0.25) is 0 Å². The summed E-state index contributed by atoms with van der Waals surface area (Å²) < 4.78 is 5.37. The molecule has 5 fully saturated rings. The highest BCUT2D eigenvalue weighted by molar-refractivity contribution is 5.96. The lowest BCUT2D eigenvalue weighted by atomic mass is 9.77. The fourth-order valence-electron chi connectivity index (χ4n) is 7.88. The van der Waals surface area contributed by atoms with Crippen LogP contribution in [-0.4, -0.2) is 101 Å². The molecule has 4 aliphatic heterocycles. The van der Waals surface area contributed by atoms with Gasteiger partial charge in [-0.3, -0.25) is 25.2 Å². The number of carbonyl (C=O) groups is 3. The summed E-state index contributed by atoms with van der Waals surface area (Å²) >= 11 is 0. The maximum Gasteiger partial charge on any atom is 0.250 e. The van der Waals surface area contributed by atoms with Gasteiger partial charge < -0.3 is 29.9 Å². The van der Waals surface area contributed by atoms with Crippen molar-refractivity contribution >= 4 is 23.4 Å². The lowest BCUT2D eigenvalue weighted by Gasteiger charge is -2.44. The van der Waals surface area contributed by atoms with E-state index in [2.05, 4.69) is 36.5 Å². The Hall–Kier alpha value is -3.55. The zero-order valence-electron chi connectivity index (χ0n) is 24.6. The van der Waals surface area contributed by atoms with Crippen LogP contribution in [0.25, 0.3) is 0 Å². The van der Waals surface area contributed by atoms with Crippen molar-refractivity contribution in [3.05, 3.63) is 42.0 Å². The zero-order valence-corrected chi connectivity index (χ0v) is 24.6. The standard InChI is InChI=1S/C30H41N9O4/c1-19-33-27(43-36-19)23-15-31-16-25(23)34-26(40)17-38-18-39(22-5-3-2-4-6-22)30(29(38)42)9-11-37(12-10-30)28(41)20-7-8-24-21(13-20)14-32-35-24/h2-6,20-21,23-25,31-32,35H,7-18H2,1H3,(H,34,40)/t20?,21?,23-,24?,25-/m1/s1. The average Bonchev–Trinajstić information content (AvgIpc) is 3.82. The lowest BCUT2D eigenvalue weighted by Crippen LogP contribution is -2.58. The van der Waals surface area contributed by atoms with Gasteiger partial charge in [0, 0.05) is 50.4 Å². The fourth-order valence-corrected chi connectivity index (χ4v) is 7.88. The van der Waals surface area contributed by atoms with Crippen LogP contribution in [0.15, 0.2) is 34.9 Å². The van der Waals surface area contributed by atoms with Gasteiger partial charge in [0.25, 0.3) is 5.91 Å². The second kappa shape index (κ2) is 11.5. The quantitative estimate of drug-likeness (QED) is 0.365. The third-order valence-corrected chi connectivity index (χ3v) is 10.2. The first-order chi connectivity index (χ1) is 20.9. The Bertz CT molecular complexity index is 1340. The van der Waals surface area contributed by atoms with E-state index in [1.54, 1.807) is 11.8 Å². The molecule has 1 aromatic carbocycles. The second-order valence-electron chi connectivity index (χ2n) is 12.8. The van der Waals surface area contributed by atoms with Crippen molar-refractivity contribution < 1.29 is 18.9 Å². The van der Waals surface area contributed by atoms with Crippen LogP contribution >= 0.6 is 0 Å². The summed E-state index contributed by atoms with van der Waals surface area (Å²) in [7, 11) is 0. The minimum absolute atomic E-state index is 0.0364. The van der Waals surface area contributed by atoms with Gasteiger partial charge >= 0.3 is 0 Å². The number of anilines is 1. The van der Waals surface area contributed by atoms with Gasteiger partial charge in [-0.15, -0.1) is 0 Å². The molecule has 3 amide bonds. The average molecular weight is 592 g/mol. The lowest BCUT2D eigenvalue weighted by molar-refractivity contribution is -0.142. The minimum Gasteiger partial charge on any atom is -0.350 e. The van der Waals surface area contributed by atoms with Crippen molar-refractivity contribution in [1.82, 2.24) is 41.4 Å². The number of amides is 3. The number of carbonyl (C=O) groups excluding carboxylic acids is 3. The number of likely N-dealkylation sites (tertiary alicyclic amines) is 1. The van der Waals surface area contributed by atoms with E-state index in [1.165, 1.54) is 0 Å². The van der Waals surface area contributed by atoms with Gasteiger partial charge in [-0.25, -0.2) is 0 Å². The van der Waals surface area contributed by atoms with Crippen LogP contribution < -0.4 is 26.4 Å². The molecule has 5 atom stereocenters. The zero-order chi connectivity index (χ0) is 29.6. The van der Waals surface area contributed by atoms with E-state index in [1.807, 2.05) is 35.2 Å². The molecule has 230 valence electrons. The van der Waals surface area contributed by atoms with Gasteiger partial charge in [-0.05, 0) is 57.1 Å². The van der Waals surface area contributed by atoms with Crippen molar-refractivity contribution in [2.75, 3.05) is 50.8 Å². The molecule has 1 saturated carbocycles. The van der Waals surface area contributed by atoms with Crippen molar-refractivity contribution in [1.29, 1.82) is 0 Å². The molecule has 3 unspecified atom stereocenters. The molecule has 4 N–H and O–H groups in total. The van der Waals surface area contributed by atoms with E-state index >= 15 is 0 Å². The number of hydrogen-bond donors (Lipinski definition) is 4. The van der Waals surface area contributed by atoms with E-state index in [0.717, 1.165) is 31.5 Å². The van der Waals surface area contributed by atoms with Gasteiger partial charge in [0.15, 0.2) is 5.82 Å². The molecule has 13 nitrogen and oxygen atoms in total. The number of hydrazine groups is 1. The van der Waals surface area contributed by atoms with Gasteiger partial charge in [0.05, 0.1) is 18.6 Å². The molecule has 4 saturated heterocycles. The summed E-state index contributed by atoms with van der Waals surface area (Å²) in [6, 6.07) is 10.2. The van der Waals surface area contributed by atoms with Crippen LogP contribution in [-0.2, 0) is 14.4 Å². The predicted molar refractivity (Wildman–Crippen MR) is 156 cm³/mol. The maximum absolute atomic E-state index is 14.2. The minimum atomic E-state index is -0.784. The summed E-state index contributed by atoms with van der Waals surface area (Å²) in [5.74, 6) is 1.45. The van der Waals surface area contributed by atoms with E-state index in [0.29, 0.717) is 69.4 Å². The van der Waals surface area contributed by atoms with Crippen LogP contribution in [0, 0.1) is 18.8 Å². The summed E-state index contributed by atoms with van der Waals surface area (Å²) in [4.78, 5) is 51.2. The first-order valence-electron chi connectivity index (χ1n) is 15.6. The van der Waals surface area contributed by atoms with E-state index in [-0.39, 0.29) is 42.1 Å². The molecule has 1 spiro atoms. The third kappa shape index (κ3) is 5.27. The van der Waals surface area contributed by atoms with Crippen LogP contribution in [0.4, 0.5) is 5.69 Å². The Balaban J connectivity index is 1.03. The first kappa shape index (κ1) is 28.2. The summed E-state index contributed by atoms with van der Waals surface area (Å²) in [6.07, 6.45) is 3.90. The topological polar surface area (TPSA) is 148 Å². The van der Waals surface area contributed by atoms with E-state index < -0.39 is 5.54 Å². The highest BCUT2D eigenvalue weighted by Gasteiger charge is 2.55. The number of benzene rings is 1. The van der Waals surface area contributed by atoms with Gasteiger partial charge in [-0.1, -0.05) is 23.4 Å². The van der Waals surface area contributed by atoms with Crippen LogP contribution in [0.3, 0.4) is 0 Å². The molecule has 13 heteroatoms. The number of fused-ring (bicyclic) bond motifs is 1. The predicted octanol–water partition coefficient (Wildman–Crippen LogP) is 0.110. The molecule has 0 bridgehead atoms. The second-order valence-corrected chi connectivity index (χ2v) is 12.8. The fraction of sp³-hybridized carbons (Fsp3) is 0.633. The number of piperidine rings is 1. The van der Waals surface area contributed by atoms with Gasteiger partial charge in [0.2, 0.25) is 17.7 Å². The van der Waals surface area contributed by atoms with E-state index in [9.17, 15) is 14.4 Å². The molecule has 1 aliphatic carbocycles. The van der Waals surface area contributed by atoms with Gasteiger partial charge in [0.1, 0.15) is 12.1 Å². The molecule has 1 aromatic heterocycles. The largest absolute Gasteiger partial charge is 0.350 e. The Kier molecular flexibility index (Phi) is 7.56. The summed E-state index contributed by atoms with van der Waals surface area (Å²) in [5, 5.41) is 10.3. The Morgan fingerprint density at radius 1 is 1.12 bits per heavy atom. The number of nitrogens with zero attached hydrogens (tertiary/aromatic N) is 5. The molecule has 0 radical (unpaired) electrons. The summed E-state index contributed by atoms with van der Waals surface area (Å²) in [6.45, 7) is 5.26.